The lowest BCUT2D eigenvalue weighted by atomic mass is 10.1. The predicted molar refractivity (Wildman–Crippen MR) is 63.7 cm³/mol. The van der Waals surface area contributed by atoms with Crippen molar-refractivity contribution in [2.75, 3.05) is 32.1 Å². The fraction of sp³-hybridized carbons (Fsp3) is 0.417. The Morgan fingerprint density at radius 1 is 1.37 bits per heavy atom. The predicted octanol–water partition coefficient (Wildman–Crippen LogP) is 0.692. The van der Waals surface area contributed by atoms with Crippen LogP contribution in [-0.4, -0.2) is 38.4 Å². The molecule has 1 saturated heterocycles. The maximum atomic E-state index is 13.1. The van der Waals surface area contributed by atoms with Crippen molar-refractivity contribution in [3.8, 4) is 0 Å². The first-order valence-corrected chi connectivity index (χ1v) is 5.80. The van der Waals surface area contributed by atoms with Crippen LogP contribution in [0.2, 0.25) is 0 Å². The van der Waals surface area contributed by atoms with Crippen molar-refractivity contribution in [3.05, 3.63) is 29.3 Å². The molecule has 0 spiro atoms. The van der Waals surface area contributed by atoms with E-state index in [1.54, 1.807) is 0 Å². The van der Waals surface area contributed by atoms with Crippen molar-refractivity contribution < 1.29 is 23.0 Å². The van der Waals surface area contributed by atoms with E-state index in [-0.39, 0.29) is 23.9 Å². The summed E-state index contributed by atoms with van der Waals surface area (Å²) in [5.41, 5.74) is 5.26. The maximum Gasteiger partial charge on any atom is 0.253 e. The van der Waals surface area contributed by atoms with Crippen LogP contribution in [0.15, 0.2) is 12.1 Å². The topological polar surface area (TPSA) is 73.6 Å². The smallest absolute Gasteiger partial charge is 0.253 e. The van der Waals surface area contributed by atoms with Gasteiger partial charge in [0.05, 0.1) is 31.5 Å². The number of carbonyl (C=O) groups is 1. The molecule has 1 aromatic rings. The molecule has 0 radical (unpaired) electrons. The third kappa shape index (κ3) is 3.39. The van der Waals surface area contributed by atoms with E-state index in [2.05, 4.69) is 5.32 Å². The normalized spacial score (nSPS) is 19.2. The highest BCUT2D eigenvalue weighted by atomic mass is 19.2. The van der Waals surface area contributed by atoms with Gasteiger partial charge in [-0.25, -0.2) is 8.78 Å². The van der Waals surface area contributed by atoms with Gasteiger partial charge < -0.3 is 20.5 Å². The zero-order chi connectivity index (χ0) is 13.8. The van der Waals surface area contributed by atoms with E-state index in [1.165, 1.54) is 0 Å². The van der Waals surface area contributed by atoms with E-state index in [9.17, 15) is 13.6 Å². The number of nitrogens with one attached hydrogen (secondary N) is 1. The molecule has 0 bridgehead atoms. The Balaban J connectivity index is 1.97. The summed E-state index contributed by atoms with van der Waals surface area (Å²) < 4.78 is 36.4. The summed E-state index contributed by atoms with van der Waals surface area (Å²) in [6.45, 7) is 1.60. The second-order valence-corrected chi connectivity index (χ2v) is 4.13. The summed E-state index contributed by atoms with van der Waals surface area (Å²) in [5.74, 6) is -2.78. The molecule has 19 heavy (non-hydrogen) atoms. The first kappa shape index (κ1) is 13.7. The number of carbonyl (C=O) groups excluding carboxylic acids is 1. The number of halogens is 2. The average Bonchev–Trinajstić information content (AvgIpc) is 2.41. The monoisotopic (exact) mass is 272 g/mol. The quantitative estimate of drug-likeness (QED) is 0.794. The van der Waals surface area contributed by atoms with Gasteiger partial charge >= 0.3 is 0 Å². The van der Waals surface area contributed by atoms with Gasteiger partial charge in [0.1, 0.15) is 0 Å². The Bertz CT molecular complexity index is 476. The summed E-state index contributed by atoms with van der Waals surface area (Å²) in [6.07, 6.45) is -0.246. The number of hydrogen-bond donors (Lipinski definition) is 2. The van der Waals surface area contributed by atoms with Crippen molar-refractivity contribution in [2.45, 2.75) is 6.10 Å². The first-order chi connectivity index (χ1) is 9.08. The van der Waals surface area contributed by atoms with Crippen LogP contribution in [0.3, 0.4) is 0 Å². The van der Waals surface area contributed by atoms with Crippen molar-refractivity contribution in [1.29, 1.82) is 0 Å². The van der Waals surface area contributed by atoms with Crippen molar-refractivity contribution in [1.82, 2.24) is 5.32 Å². The number of hydrogen-bond acceptors (Lipinski definition) is 4. The number of nitrogen functional groups attached to an aromatic ring is 1. The summed E-state index contributed by atoms with van der Waals surface area (Å²) >= 11 is 0. The van der Waals surface area contributed by atoms with Crippen molar-refractivity contribution in [2.24, 2.45) is 0 Å². The van der Waals surface area contributed by atoms with Gasteiger partial charge in [-0.15, -0.1) is 0 Å². The number of benzene rings is 1. The zero-order valence-corrected chi connectivity index (χ0v) is 10.1. The van der Waals surface area contributed by atoms with E-state index < -0.39 is 17.5 Å². The lowest BCUT2D eigenvalue weighted by molar-refractivity contribution is -0.0855. The summed E-state index contributed by atoms with van der Waals surface area (Å²) in [5, 5.41) is 2.54. The molecule has 1 aromatic carbocycles. The molecule has 1 amide bonds. The Hall–Kier alpha value is -1.73. The fourth-order valence-corrected chi connectivity index (χ4v) is 1.72. The summed E-state index contributed by atoms with van der Waals surface area (Å²) in [6, 6.07) is 1.56. The highest BCUT2D eigenvalue weighted by Gasteiger charge is 2.18. The van der Waals surface area contributed by atoms with Crippen LogP contribution in [0.4, 0.5) is 14.5 Å². The van der Waals surface area contributed by atoms with Gasteiger partial charge in [-0.3, -0.25) is 4.79 Å². The van der Waals surface area contributed by atoms with E-state index in [0.29, 0.717) is 19.8 Å². The lowest BCUT2D eigenvalue weighted by Crippen LogP contribution is -2.39. The second kappa shape index (κ2) is 5.94. The molecule has 1 aliphatic rings. The van der Waals surface area contributed by atoms with Gasteiger partial charge in [-0.05, 0) is 6.07 Å². The van der Waals surface area contributed by atoms with Gasteiger partial charge in [0.15, 0.2) is 11.6 Å². The minimum Gasteiger partial charge on any atom is -0.398 e. The van der Waals surface area contributed by atoms with Crippen LogP contribution in [0.25, 0.3) is 0 Å². The number of rotatable bonds is 3. The molecule has 104 valence electrons. The molecule has 0 aromatic heterocycles. The lowest BCUT2D eigenvalue weighted by Gasteiger charge is -2.23. The summed E-state index contributed by atoms with van der Waals surface area (Å²) in [4.78, 5) is 11.8. The third-order valence-electron chi connectivity index (χ3n) is 2.71. The molecule has 1 unspecified atom stereocenters. The van der Waals surface area contributed by atoms with Crippen molar-refractivity contribution >= 4 is 11.6 Å². The van der Waals surface area contributed by atoms with E-state index in [4.69, 9.17) is 15.2 Å². The van der Waals surface area contributed by atoms with E-state index in [0.717, 1.165) is 12.1 Å². The van der Waals surface area contributed by atoms with E-state index in [1.807, 2.05) is 0 Å². The molecule has 7 heteroatoms. The number of nitrogens with two attached hydrogens (primary N) is 1. The second-order valence-electron chi connectivity index (χ2n) is 4.13. The van der Waals surface area contributed by atoms with Gasteiger partial charge in [0.2, 0.25) is 0 Å². The number of anilines is 1. The molecule has 2 rings (SSSR count). The number of amides is 1. The Morgan fingerprint density at radius 3 is 2.79 bits per heavy atom. The highest BCUT2D eigenvalue weighted by Crippen LogP contribution is 2.16. The first-order valence-electron chi connectivity index (χ1n) is 5.80. The van der Waals surface area contributed by atoms with Crippen LogP contribution >= 0.6 is 0 Å². The van der Waals surface area contributed by atoms with Crippen LogP contribution in [-0.2, 0) is 9.47 Å². The van der Waals surface area contributed by atoms with Crippen LogP contribution < -0.4 is 11.1 Å². The molecular formula is C12H14F2N2O3. The molecule has 1 atom stereocenters. The van der Waals surface area contributed by atoms with Crippen molar-refractivity contribution in [3.63, 3.8) is 0 Å². The average molecular weight is 272 g/mol. The van der Waals surface area contributed by atoms with Gasteiger partial charge in [-0.1, -0.05) is 0 Å². The third-order valence-corrected chi connectivity index (χ3v) is 2.71. The molecule has 0 aliphatic carbocycles. The SMILES string of the molecule is Nc1cc(F)c(F)cc1C(=O)NCC1COCCO1. The fourth-order valence-electron chi connectivity index (χ4n) is 1.72. The zero-order valence-electron chi connectivity index (χ0n) is 10.1. The molecule has 1 fully saturated rings. The minimum atomic E-state index is -1.11. The standard InChI is InChI=1S/C12H14F2N2O3/c13-9-3-8(11(15)4-10(9)14)12(17)16-5-7-6-18-1-2-19-7/h3-4,7H,1-2,5-6,15H2,(H,16,17). The van der Waals surface area contributed by atoms with E-state index >= 15 is 0 Å². The summed E-state index contributed by atoms with van der Waals surface area (Å²) in [7, 11) is 0. The molecule has 3 N–H and O–H groups in total. The van der Waals surface area contributed by atoms with Gasteiger partial charge in [0.25, 0.3) is 5.91 Å². The highest BCUT2D eigenvalue weighted by molar-refractivity contribution is 5.99. The number of ether oxygens (including phenoxy) is 2. The largest absolute Gasteiger partial charge is 0.398 e. The van der Waals surface area contributed by atoms with Crippen LogP contribution in [0.1, 0.15) is 10.4 Å². The molecule has 0 saturated carbocycles. The molecule has 1 heterocycles. The molecule has 1 aliphatic heterocycles. The maximum absolute atomic E-state index is 13.1. The van der Waals surface area contributed by atoms with Gasteiger partial charge in [0, 0.05) is 18.3 Å². The Kier molecular flexibility index (Phi) is 4.28. The molecular weight excluding hydrogens is 258 g/mol. The Morgan fingerprint density at radius 2 is 2.11 bits per heavy atom. The van der Waals surface area contributed by atoms with Gasteiger partial charge in [-0.2, -0.15) is 0 Å². The van der Waals surface area contributed by atoms with Crippen LogP contribution in [0.5, 0.6) is 0 Å². The minimum absolute atomic E-state index is 0.101. The molecule has 5 nitrogen and oxygen atoms in total. The van der Waals surface area contributed by atoms with Crippen LogP contribution in [0, 0.1) is 11.6 Å². The Labute approximate surface area is 108 Å².